The molecule has 2 rings (SSSR count). The molecule has 0 aliphatic rings. The van der Waals surface area contributed by atoms with Crippen LogP contribution >= 0.6 is 0 Å². The lowest BCUT2D eigenvalue weighted by molar-refractivity contribution is -0.114. The molecule has 0 bridgehead atoms. The van der Waals surface area contributed by atoms with Gasteiger partial charge in [0.25, 0.3) is 0 Å². The van der Waals surface area contributed by atoms with Crippen molar-refractivity contribution in [3.05, 3.63) is 35.4 Å². The van der Waals surface area contributed by atoms with Gasteiger partial charge in [0.05, 0.1) is 12.7 Å². The highest BCUT2D eigenvalue weighted by molar-refractivity contribution is 5.89. The number of aliphatic hydroxyl groups excluding tert-OH is 5. The molecule has 2 aromatic carbocycles. The number of aliphatic hydroxyl groups is 5. The molecule has 2 aromatic rings. The SMILES string of the molecule is CCCCCc1cc(CC(O)C(O)C(O)C(O)CO)c2cc(O)c(O)cc2c1. The molecule has 7 N–H and O–H groups in total. The number of aromatic hydroxyl groups is 2. The first-order valence-corrected chi connectivity index (χ1v) is 9.59. The summed E-state index contributed by atoms with van der Waals surface area (Å²) < 4.78 is 0. The Labute approximate surface area is 164 Å². The summed E-state index contributed by atoms with van der Waals surface area (Å²) in [6.45, 7) is 1.37. The number of phenols is 2. The molecule has 0 saturated heterocycles. The second-order valence-corrected chi connectivity index (χ2v) is 7.28. The molecular formula is C21H30O7. The second kappa shape index (κ2) is 10.0. The quantitative estimate of drug-likeness (QED) is 0.235. The van der Waals surface area contributed by atoms with E-state index in [2.05, 4.69) is 6.92 Å². The highest BCUT2D eigenvalue weighted by Gasteiger charge is 2.30. The van der Waals surface area contributed by atoms with Crippen LogP contribution in [0.2, 0.25) is 0 Å². The van der Waals surface area contributed by atoms with Crippen molar-refractivity contribution < 1.29 is 35.7 Å². The molecule has 0 aromatic heterocycles. The van der Waals surface area contributed by atoms with Gasteiger partial charge in [0.1, 0.15) is 18.3 Å². The Bertz CT molecular complexity index is 777. The van der Waals surface area contributed by atoms with Crippen molar-refractivity contribution in [3.63, 3.8) is 0 Å². The van der Waals surface area contributed by atoms with Crippen LogP contribution in [0.1, 0.15) is 37.3 Å². The van der Waals surface area contributed by atoms with Gasteiger partial charge in [-0.25, -0.2) is 0 Å². The van der Waals surface area contributed by atoms with Crippen molar-refractivity contribution in [2.75, 3.05) is 6.61 Å². The highest BCUT2D eigenvalue weighted by atomic mass is 16.4. The fourth-order valence-electron chi connectivity index (χ4n) is 3.34. The Morgan fingerprint density at radius 1 is 0.821 bits per heavy atom. The van der Waals surface area contributed by atoms with Gasteiger partial charge in [-0.1, -0.05) is 31.9 Å². The standard InChI is InChI=1S/C21H30O7/c1-2-3-4-5-12-6-13-8-16(23)17(24)10-15(13)14(7-12)9-18(25)20(27)21(28)19(26)11-22/h6-8,10,18-28H,2-5,9,11H2,1H3. The molecule has 7 nitrogen and oxygen atoms in total. The van der Waals surface area contributed by atoms with Crippen molar-refractivity contribution in [3.8, 4) is 11.5 Å². The maximum Gasteiger partial charge on any atom is 0.158 e. The summed E-state index contributed by atoms with van der Waals surface area (Å²) in [7, 11) is 0. The van der Waals surface area contributed by atoms with E-state index < -0.39 is 31.0 Å². The van der Waals surface area contributed by atoms with Crippen LogP contribution in [0.15, 0.2) is 24.3 Å². The number of aryl methyl sites for hydroxylation is 1. The van der Waals surface area contributed by atoms with Gasteiger partial charge >= 0.3 is 0 Å². The van der Waals surface area contributed by atoms with Gasteiger partial charge in [-0.05, 0) is 46.9 Å². The Morgan fingerprint density at radius 2 is 1.46 bits per heavy atom. The molecule has 4 unspecified atom stereocenters. The molecule has 0 aliphatic heterocycles. The zero-order chi connectivity index (χ0) is 20.8. The first-order valence-electron chi connectivity index (χ1n) is 9.59. The van der Waals surface area contributed by atoms with E-state index >= 15 is 0 Å². The van der Waals surface area contributed by atoms with Crippen molar-refractivity contribution in [1.29, 1.82) is 0 Å². The van der Waals surface area contributed by atoms with Crippen LogP contribution in [-0.2, 0) is 12.8 Å². The number of benzene rings is 2. The smallest absolute Gasteiger partial charge is 0.158 e. The zero-order valence-corrected chi connectivity index (χ0v) is 16.0. The molecular weight excluding hydrogens is 364 g/mol. The van der Waals surface area contributed by atoms with Crippen LogP contribution < -0.4 is 0 Å². The third-order valence-corrected chi connectivity index (χ3v) is 5.02. The summed E-state index contributed by atoms with van der Waals surface area (Å²) in [5.41, 5.74) is 1.63. The molecule has 0 amide bonds. The number of hydrogen-bond acceptors (Lipinski definition) is 7. The maximum atomic E-state index is 10.4. The lowest BCUT2D eigenvalue weighted by atomic mass is 9.91. The van der Waals surface area contributed by atoms with Crippen LogP contribution in [-0.4, -0.2) is 66.8 Å². The van der Waals surface area contributed by atoms with Gasteiger partial charge in [-0.2, -0.15) is 0 Å². The van der Waals surface area contributed by atoms with Gasteiger partial charge in [0.2, 0.25) is 0 Å². The summed E-state index contributed by atoms with van der Waals surface area (Å²) >= 11 is 0. The average Bonchev–Trinajstić information content (AvgIpc) is 2.67. The van der Waals surface area contributed by atoms with Crippen LogP contribution in [0.5, 0.6) is 11.5 Å². The van der Waals surface area contributed by atoms with Crippen LogP contribution in [0.4, 0.5) is 0 Å². The molecule has 0 heterocycles. The van der Waals surface area contributed by atoms with Crippen molar-refractivity contribution >= 4 is 10.8 Å². The predicted molar refractivity (Wildman–Crippen MR) is 105 cm³/mol. The molecule has 0 spiro atoms. The average molecular weight is 394 g/mol. The molecule has 0 aliphatic carbocycles. The maximum absolute atomic E-state index is 10.4. The zero-order valence-electron chi connectivity index (χ0n) is 16.0. The second-order valence-electron chi connectivity index (χ2n) is 7.28. The molecule has 0 saturated carbocycles. The fourth-order valence-corrected chi connectivity index (χ4v) is 3.34. The van der Waals surface area contributed by atoms with Crippen LogP contribution in [0.25, 0.3) is 10.8 Å². The van der Waals surface area contributed by atoms with Gasteiger partial charge in [0, 0.05) is 6.42 Å². The van der Waals surface area contributed by atoms with E-state index in [0.717, 1.165) is 31.2 Å². The molecule has 7 heteroatoms. The van der Waals surface area contributed by atoms with Crippen LogP contribution in [0, 0.1) is 0 Å². The number of rotatable bonds is 10. The third kappa shape index (κ3) is 5.33. The van der Waals surface area contributed by atoms with E-state index in [4.69, 9.17) is 5.11 Å². The number of hydrogen-bond donors (Lipinski definition) is 7. The Morgan fingerprint density at radius 3 is 2.11 bits per heavy atom. The minimum atomic E-state index is -1.70. The predicted octanol–water partition coefficient (Wildman–Crippen LogP) is 0.962. The fraction of sp³-hybridized carbons (Fsp3) is 0.524. The molecule has 28 heavy (non-hydrogen) atoms. The van der Waals surface area contributed by atoms with Gasteiger partial charge in [-0.3, -0.25) is 0 Å². The topological polar surface area (TPSA) is 142 Å². The summed E-state index contributed by atoms with van der Waals surface area (Å²) in [5.74, 6) is -0.538. The molecule has 0 radical (unpaired) electrons. The van der Waals surface area contributed by atoms with E-state index in [1.807, 2.05) is 12.1 Å². The van der Waals surface area contributed by atoms with Gasteiger partial charge < -0.3 is 35.7 Å². The van der Waals surface area contributed by atoms with Gasteiger partial charge in [-0.15, -0.1) is 0 Å². The summed E-state index contributed by atoms with van der Waals surface area (Å²) in [6, 6.07) is 6.64. The normalized spacial score (nSPS) is 16.1. The first kappa shape index (κ1) is 22.4. The largest absolute Gasteiger partial charge is 0.504 e. The minimum absolute atomic E-state index is 0.0429. The Kier molecular flexibility index (Phi) is 8.03. The highest BCUT2D eigenvalue weighted by Crippen LogP contribution is 2.34. The summed E-state index contributed by atoms with van der Waals surface area (Å²) in [6.07, 6.45) is -2.43. The minimum Gasteiger partial charge on any atom is -0.504 e. The number of phenolic OH excluding ortho intramolecular Hbond substituents is 2. The lowest BCUT2D eigenvalue weighted by Gasteiger charge is -2.26. The molecule has 0 fully saturated rings. The Balaban J connectivity index is 2.35. The van der Waals surface area contributed by atoms with E-state index in [0.29, 0.717) is 16.3 Å². The summed E-state index contributed by atoms with van der Waals surface area (Å²) in [4.78, 5) is 0. The van der Waals surface area contributed by atoms with Crippen LogP contribution in [0.3, 0.4) is 0 Å². The molecule has 4 atom stereocenters. The van der Waals surface area contributed by atoms with Gasteiger partial charge in [0.15, 0.2) is 11.5 Å². The Hall–Kier alpha value is -1.90. The van der Waals surface area contributed by atoms with Crippen molar-refractivity contribution in [2.45, 2.75) is 63.4 Å². The first-order chi connectivity index (χ1) is 13.3. The number of fused-ring (bicyclic) bond motifs is 1. The van der Waals surface area contributed by atoms with Crippen molar-refractivity contribution in [2.24, 2.45) is 0 Å². The monoisotopic (exact) mass is 394 g/mol. The van der Waals surface area contributed by atoms with E-state index in [-0.39, 0.29) is 17.9 Å². The number of unbranched alkanes of at least 4 members (excludes halogenated alkanes) is 2. The van der Waals surface area contributed by atoms with E-state index in [1.165, 1.54) is 12.1 Å². The molecule has 156 valence electrons. The van der Waals surface area contributed by atoms with E-state index in [1.54, 1.807) is 0 Å². The van der Waals surface area contributed by atoms with Crippen molar-refractivity contribution in [1.82, 2.24) is 0 Å². The third-order valence-electron chi connectivity index (χ3n) is 5.02. The summed E-state index contributed by atoms with van der Waals surface area (Å²) in [5, 5.41) is 69.7. The van der Waals surface area contributed by atoms with E-state index in [9.17, 15) is 30.6 Å². The lowest BCUT2D eigenvalue weighted by Crippen LogP contribution is -2.46.